The minimum Gasteiger partial charge on any atom is -0.496 e. The molecule has 0 bridgehead atoms. The molecular weight excluding hydrogens is 240 g/mol. The van der Waals surface area contributed by atoms with Gasteiger partial charge in [-0.2, -0.15) is 0 Å². The molecule has 19 heavy (non-hydrogen) atoms. The molecule has 4 heteroatoms. The third-order valence-electron chi connectivity index (χ3n) is 3.63. The van der Waals surface area contributed by atoms with Crippen molar-refractivity contribution in [3.63, 3.8) is 0 Å². The van der Waals surface area contributed by atoms with Crippen LogP contribution in [0.15, 0.2) is 24.3 Å². The molecule has 1 heterocycles. The van der Waals surface area contributed by atoms with E-state index in [4.69, 9.17) is 4.74 Å². The van der Waals surface area contributed by atoms with Crippen LogP contribution in [0.2, 0.25) is 0 Å². The maximum atomic E-state index is 12.6. The minimum atomic E-state index is 0.0598. The van der Waals surface area contributed by atoms with Gasteiger partial charge in [0, 0.05) is 25.7 Å². The summed E-state index contributed by atoms with van der Waals surface area (Å²) >= 11 is 0. The van der Waals surface area contributed by atoms with Crippen LogP contribution in [0.25, 0.3) is 0 Å². The average Bonchev–Trinajstić information content (AvgIpc) is 2.46. The van der Waals surface area contributed by atoms with Gasteiger partial charge in [0.2, 0.25) is 0 Å². The quantitative estimate of drug-likeness (QED) is 0.902. The van der Waals surface area contributed by atoms with Crippen molar-refractivity contribution in [2.24, 2.45) is 5.92 Å². The fraction of sp³-hybridized carbons (Fsp3) is 0.533. The third kappa shape index (κ3) is 3.07. The fourth-order valence-corrected chi connectivity index (χ4v) is 2.40. The highest BCUT2D eigenvalue weighted by Crippen LogP contribution is 2.20. The summed E-state index contributed by atoms with van der Waals surface area (Å²) in [5, 5.41) is 3.46. The zero-order chi connectivity index (χ0) is 13.8. The predicted molar refractivity (Wildman–Crippen MR) is 75.5 cm³/mol. The number of amides is 1. The smallest absolute Gasteiger partial charge is 0.257 e. The molecule has 1 amide bonds. The van der Waals surface area contributed by atoms with Crippen molar-refractivity contribution >= 4 is 5.91 Å². The SMILES string of the molecule is COc1ccccc1C(=O)N1CCNC(C(C)C)C1. The molecule has 1 atom stereocenters. The van der Waals surface area contributed by atoms with Gasteiger partial charge in [-0.15, -0.1) is 0 Å². The highest BCUT2D eigenvalue weighted by molar-refractivity contribution is 5.97. The standard InChI is InChI=1S/C15H22N2O2/c1-11(2)13-10-17(9-8-16-13)15(18)12-6-4-5-7-14(12)19-3/h4-7,11,13,16H,8-10H2,1-3H3. The van der Waals surface area contributed by atoms with Crippen LogP contribution in [0.1, 0.15) is 24.2 Å². The van der Waals surface area contributed by atoms with Crippen LogP contribution in [-0.2, 0) is 0 Å². The maximum absolute atomic E-state index is 12.6. The molecule has 1 saturated heterocycles. The van der Waals surface area contributed by atoms with Crippen molar-refractivity contribution < 1.29 is 9.53 Å². The molecule has 104 valence electrons. The van der Waals surface area contributed by atoms with Crippen molar-refractivity contribution in [1.29, 1.82) is 0 Å². The second-order valence-electron chi connectivity index (χ2n) is 5.26. The summed E-state index contributed by atoms with van der Waals surface area (Å²) in [5.74, 6) is 1.23. The van der Waals surface area contributed by atoms with Crippen LogP contribution in [0.3, 0.4) is 0 Å². The molecule has 1 unspecified atom stereocenters. The van der Waals surface area contributed by atoms with Gasteiger partial charge in [0.15, 0.2) is 0 Å². The average molecular weight is 262 g/mol. The van der Waals surface area contributed by atoms with E-state index in [0.29, 0.717) is 23.3 Å². The normalized spacial score (nSPS) is 19.6. The first-order valence-electron chi connectivity index (χ1n) is 6.79. The Morgan fingerprint density at radius 1 is 1.42 bits per heavy atom. The molecule has 1 aliphatic rings. The molecular formula is C15H22N2O2. The highest BCUT2D eigenvalue weighted by Gasteiger charge is 2.26. The van der Waals surface area contributed by atoms with Crippen molar-refractivity contribution in [1.82, 2.24) is 10.2 Å². The zero-order valence-corrected chi connectivity index (χ0v) is 11.8. The second-order valence-corrected chi connectivity index (χ2v) is 5.26. The lowest BCUT2D eigenvalue weighted by atomic mass is 10.0. The fourth-order valence-electron chi connectivity index (χ4n) is 2.40. The molecule has 0 saturated carbocycles. The van der Waals surface area contributed by atoms with E-state index in [0.717, 1.165) is 19.6 Å². The Bertz CT molecular complexity index is 446. The first-order chi connectivity index (χ1) is 9.13. The van der Waals surface area contributed by atoms with Gasteiger partial charge in [-0.05, 0) is 18.1 Å². The molecule has 1 aliphatic heterocycles. The van der Waals surface area contributed by atoms with E-state index in [-0.39, 0.29) is 5.91 Å². The molecule has 1 fully saturated rings. The Kier molecular flexibility index (Phi) is 4.43. The molecule has 2 rings (SSSR count). The van der Waals surface area contributed by atoms with E-state index in [1.165, 1.54) is 0 Å². The van der Waals surface area contributed by atoms with Gasteiger partial charge in [-0.25, -0.2) is 0 Å². The molecule has 1 aromatic rings. The van der Waals surface area contributed by atoms with Crippen LogP contribution in [-0.4, -0.2) is 43.6 Å². The Morgan fingerprint density at radius 3 is 2.84 bits per heavy atom. The van der Waals surface area contributed by atoms with Crippen LogP contribution in [0, 0.1) is 5.92 Å². The lowest BCUT2D eigenvalue weighted by Gasteiger charge is -2.36. The highest BCUT2D eigenvalue weighted by atomic mass is 16.5. The van der Waals surface area contributed by atoms with Gasteiger partial charge in [-0.3, -0.25) is 4.79 Å². The van der Waals surface area contributed by atoms with Crippen LogP contribution in [0.4, 0.5) is 0 Å². The number of methoxy groups -OCH3 is 1. The number of benzene rings is 1. The summed E-state index contributed by atoms with van der Waals surface area (Å²) in [7, 11) is 1.60. The first-order valence-corrected chi connectivity index (χ1v) is 6.79. The number of para-hydroxylation sites is 1. The summed E-state index contributed by atoms with van der Waals surface area (Å²) in [6, 6.07) is 7.78. The largest absolute Gasteiger partial charge is 0.496 e. The Hall–Kier alpha value is -1.55. The molecule has 0 aliphatic carbocycles. The lowest BCUT2D eigenvalue weighted by Crippen LogP contribution is -2.54. The number of piperazine rings is 1. The van der Waals surface area contributed by atoms with Crippen molar-refractivity contribution in [3.05, 3.63) is 29.8 Å². The number of rotatable bonds is 3. The van der Waals surface area contributed by atoms with E-state index in [2.05, 4.69) is 19.2 Å². The summed E-state index contributed by atoms with van der Waals surface area (Å²) in [4.78, 5) is 14.5. The number of hydrogen-bond acceptors (Lipinski definition) is 3. The van der Waals surface area contributed by atoms with Gasteiger partial charge in [0.25, 0.3) is 5.91 Å². The summed E-state index contributed by atoms with van der Waals surface area (Å²) in [6.45, 7) is 6.71. The minimum absolute atomic E-state index is 0.0598. The zero-order valence-electron chi connectivity index (χ0n) is 11.8. The van der Waals surface area contributed by atoms with Gasteiger partial charge < -0.3 is 15.0 Å². The van der Waals surface area contributed by atoms with Crippen molar-refractivity contribution in [2.75, 3.05) is 26.7 Å². The van der Waals surface area contributed by atoms with Gasteiger partial charge in [-0.1, -0.05) is 26.0 Å². The summed E-state index contributed by atoms with van der Waals surface area (Å²) in [6.07, 6.45) is 0. The van der Waals surface area contributed by atoms with Crippen LogP contribution in [0.5, 0.6) is 5.75 Å². The first kappa shape index (κ1) is 13.9. The lowest BCUT2D eigenvalue weighted by molar-refractivity contribution is 0.0680. The Balaban J connectivity index is 2.15. The van der Waals surface area contributed by atoms with Gasteiger partial charge >= 0.3 is 0 Å². The summed E-state index contributed by atoms with van der Waals surface area (Å²) < 4.78 is 5.27. The number of hydrogen-bond donors (Lipinski definition) is 1. The molecule has 0 spiro atoms. The topological polar surface area (TPSA) is 41.6 Å². The molecule has 1 N–H and O–H groups in total. The van der Waals surface area contributed by atoms with Gasteiger partial charge in [0.05, 0.1) is 12.7 Å². The third-order valence-corrected chi connectivity index (χ3v) is 3.63. The van der Waals surface area contributed by atoms with Crippen LogP contribution < -0.4 is 10.1 Å². The van der Waals surface area contributed by atoms with Crippen molar-refractivity contribution in [2.45, 2.75) is 19.9 Å². The van der Waals surface area contributed by atoms with Gasteiger partial charge in [0.1, 0.15) is 5.75 Å². The number of carbonyl (C=O) groups excluding carboxylic acids is 1. The molecule has 0 radical (unpaired) electrons. The van der Waals surface area contributed by atoms with E-state index < -0.39 is 0 Å². The number of nitrogens with one attached hydrogen (secondary N) is 1. The number of nitrogens with zero attached hydrogens (tertiary/aromatic N) is 1. The number of ether oxygens (including phenoxy) is 1. The monoisotopic (exact) mass is 262 g/mol. The van der Waals surface area contributed by atoms with E-state index in [9.17, 15) is 4.79 Å². The molecule has 1 aromatic carbocycles. The number of carbonyl (C=O) groups is 1. The van der Waals surface area contributed by atoms with Crippen molar-refractivity contribution in [3.8, 4) is 5.75 Å². The second kappa shape index (κ2) is 6.06. The Morgan fingerprint density at radius 2 is 2.16 bits per heavy atom. The van der Waals surface area contributed by atoms with E-state index in [1.54, 1.807) is 7.11 Å². The van der Waals surface area contributed by atoms with Crippen LogP contribution >= 0.6 is 0 Å². The Labute approximate surface area is 114 Å². The summed E-state index contributed by atoms with van der Waals surface area (Å²) in [5.41, 5.74) is 0.648. The molecule has 0 aromatic heterocycles. The van der Waals surface area contributed by atoms with E-state index in [1.807, 2.05) is 29.2 Å². The van der Waals surface area contributed by atoms with E-state index >= 15 is 0 Å². The predicted octanol–water partition coefficient (Wildman–Crippen LogP) is 1.77. The maximum Gasteiger partial charge on any atom is 0.257 e. The molecule has 4 nitrogen and oxygen atoms in total.